The lowest BCUT2D eigenvalue weighted by Crippen LogP contribution is -2.43. The van der Waals surface area contributed by atoms with Crippen molar-refractivity contribution in [3.63, 3.8) is 0 Å². The molecule has 1 aromatic heterocycles. The van der Waals surface area contributed by atoms with Crippen molar-refractivity contribution in [1.29, 1.82) is 0 Å². The largest absolute Gasteiger partial charge is 0.480 e. The summed E-state index contributed by atoms with van der Waals surface area (Å²) >= 11 is 7.18. The van der Waals surface area contributed by atoms with Crippen molar-refractivity contribution in [3.8, 4) is 0 Å². The molecule has 0 saturated heterocycles. The summed E-state index contributed by atoms with van der Waals surface area (Å²) in [6, 6.07) is 2.61. The molecule has 1 unspecified atom stereocenters. The molecule has 0 saturated carbocycles. The van der Waals surface area contributed by atoms with Gasteiger partial charge in [-0.15, -0.1) is 11.3 Å². The molecule has 18 heavy (non-hydrogen) atoms. The van der Waals surface area contributed by atoms with Gasteiger partial charge in [0.2, 0.25) is 5.91 Å². The van der Waals surface area contributed by atoms with Gasteiger partial charge in [0.15, 0.2) is 6.04 Å². The van der Waals surface area contributed by atoms with Gasteiger partial charge in [-0.3, -0.25) is 4.79 Å². The highest BCUT2D eigenvalue weighted by Gasteiger charge is 2.19. The molecular formula is C11H14ClNO4S. The molecule has 100 valence electrons. The SMILES string of the molecule is COCC(NC(=O)CCc1ccc(Cl)s1)C(=O)O. The van der Waals surface area contributed by atoms with Crippen LogP contribution in [0.3, 0.4) is 0 Å². The summed E-state index contributed by atoms with van der Waals surface area (Å²) in [7, 11) is 1.38. The molecule has 1 amide bonds. The molecule has 0 spiro atoms. The van der Waals surface area contributed by atoms with Crippen LogP contribution in [0, 0.1) is 0 Å². The predicted molar refractivity (Wildman–Crippen MR) is 69.1 cm³/mol. The molecule has 0 aliphatic carbocycles. The Balaban J connectivity index is 2.38. The highest BCUT2D eigenvalue weighted by Crippen LogP contribution is 2.22. The molecule has 0 aliphatic heterocycles. The lowest BCUT2D eigenvalue weighted by Gasteiger charge is -2.13. The minimum absolute atomic E-state index is 0.0497. The highest BCUT2D eigenvalue weighted by molar-refractivity contribution is 7.16. The van der Waals surface area contributed by atoms with Crippen LogP contribution in [0.4, 0.5) is 0 Å². The number of carbonyl (C=O) groups is 2. The van der Waals surface area contributed by atoms with Gasteiger partial charge in [-0.1, -0.05) is 11.6 Å². The third kappa shape index (κ3) is 5.03. The van der Waals surface area contributed by atoms with Gasteiger partial charge in [0.1, 0.15) is 0 Å². The third-order valence-electron chi connectivity index (χ3n) is 2.19. The summed E-state index contributed by atoms with van der Waals surface area (Å²) in [5.41, 5.74) is 0. The average Bonchev–Trinajstić information content (AvgIpc) is 2.72. The van der Waals surface area contributed by atoms with Gasteiger partial charge in [0.25, 0.3) is 0 Å². The number of carboxylic acid groups (broad SMARTS) is 1. The van der Waals surface area contributed by atoms with Gasteiger partial charge >= 0.3 is 5.97 Å². The Morgan fingerprint density at radius 3 is 2.78 bits per heavy atom. The van der Waals surface area contributed by atoms with Gasteiger partial charge in [0.05, 0.1) is 10.9 Å². The van der Waals surface area contributed by atoms with Crippen molar-refractivity contribution in [2.45, 2.75) is 18.9 Å². The topological polar surface area (TPSA) is 75.6 Å². The minimum atomic E-state index is -1.11. The summed E-state index contributed by atoms with van der Waals surface area (Å²) < 4.78 is 5.40. The van der Waals surface area contributed by atoms with Crippen LogP contribution in [0.1, 0.15) is 11.3 Å². The normalized spacial score (nSPS) is 12.1. The van der Waals surface area contributed by atoms with Crippen LogP contribution in [-0.4, -0.2) is 36.7 Å². The Morgan fingerprint density at radius 2 is 2.28 bits per heavy atom. The van der Waals surface area contributed by atoms with Crippen molar-refractivity contribution < 1.29 is 19.4 Å². The van der Waals surface area contributed by atoms with Gasteiger partial charge in [0, 0.05) is 18.4 Å². The number of halogens is 1. The number of carbonyl (C=O) groups excluding carboxylic acids is 1. The fourth-order valence-corrected chi connectivity index (χ4v) is 2.42. The average molecular weight is 292 g/mol. The summed E-state index contributed by atoms with van der Waals surface area (Å²) in [6.07, 6.45) is 0.771. The smallest absolute Gasteiger partial charge is 0.328 e. The maximum atomic E-state index is 11.6. The maximum absolute atomic E-state index is 11.6. The summed E-state index contributed by atoms with van der Waals surface area (Å²) in [4.78, 5) is 23.3. The molecule has 0 aromatic carbocycles. The number of hydrogen-bond acceptors (Lipinski definition) is 4. The van der Waals surface area contributed by atoms with Crippen molar-refractivity contribution in [2.75, 3.05) is 13.7 Å². The Hall–Kier alpha value is -1.11. The number of ether oxygens (including phenoxy) is 1. The number of methoxy groups -OCH3 is 1. The molecule has 5 nitrogen and oxygen atoms in total. The Kier molecular flexibility index (Phi) is 6.11. The summed E-state index contributed by atoms with van der Waals surface area (Å²) in [5, 5.41) is 11.2. The second kappa shape index (κ2) is 7.35. The van der Waals surface area contributed by atoms with Crippen molar-refractivity contribution in [2.24, 2.45) is 0 Å². The number of aliphatic carboxylic acids is 1. The van der Waals surface area contributed by atoms with Crippen LogP contribution in [0.25, 0.3) is 0 Å². The molecule has 1 aromatic rings. The van der Waals surface area contributed by atoms with E-state index in [0.717, 1.165) is 4.88 Å². The molecule has 0 aliphatic rings. The lowest BCUT2D eigenvalue weighted by molar-refractivity contribution is -0.143. The zero-order valence-electron chi connectivity index (χ0n) is 9.81. The second-order valence-corrected chi connectivity index (χ2v) is 5.42. The number of amides is 1. The minimum Gasteiger partial charge on any atom is -0.480 e. The van der Waals surface area contributed by atoms with E-state index in [1.54, 1.807) is 6.07 Å². The fourth-order valence-electron chi connectivity index (χ4n) is 1.33. The fraction of sp³-hybridized carbons (Fsp3) is 0.455. The van der Waals surface area contributed by atoms with E-state index in [2.05, 4.69) is 5.32 Å². The molecule has 7 heteroatoms. The van der Waals surface area contributed by atoms with Crippen LogP contribution in [0.5, 0.6) is 0 Å². The standard InChI is InChI=1S/C11H14ClNO4S/c1-17-6-8(11(15)16)13-10(14)5-3-7-2-4-9(12)18-7/h2,4,8H,3,5-6H2,1H3,(H,13,14)(H,15,16). The highest BCUT2D eigenvalue weighted by atomic mass is 35.5. The van der Waals surface area contributed by atoms with Gasteiger partial charge < -0.3 is 15.2 Å². The van der Waals surface area contributed by atoms with E-state index >= 15 is 0 Å². The van der Waals surface area contributed by atoms with Crippen LogP contribution < -0.4 is 5.32 Å². The van der Waals surface area contributed by atoms with Crippen molar-refractivity contribution >= 4 is 34.8 Å². The van der Waals surface area contributed by atoms with E-state index in [4.69, 9.17) is 21.4 Å². The molecule has 1 rings (SSSR count). The predicted octanol–water partition coefficient (Wildman–Crippen LogP) is 1.55. The van der Waals surface area contributed by atoms with Crippen molar-refractivity contribution in [3.05, 3.63) is 21.3 Å². The number of nitrogens with one attached hydrogen (secondary N) is 1. The molecular weight excluding hydrogens is 278 g/mol. The molecule has 2 N–H and O–H groups in total. The van der Waals surface area contributed by atoms with Crippen LogP contribution in [0.2, 0.25) is 4.34 Å². The zero-order chi connectivity index (χ0) is 13.5. The Bertz CT molecular complexity index is 421. The molecule has 1 atom stereocenters. The number of thiophene rings is 1. The monoisotopic (exact) mass is 291 g/mol. The van der Waals surface area contributed by atoms with Crippen LogP contribution in [-0.2, 0) is 20.7 Å². The maximum Gasteiger partial charge on any atom is 0.328 e. The van der Waals surface area contributed by atoms with Gasteiger partial charge in [-0.2, -0.15) is 0 Å². The first-order valence-electron chi connectivity index (χ1n) is 5.28. The summed E-state index contributed by atoms with van der Waals surface area (Å²) in [6.45, 7) is -0.0497. The molecule has 0 bridgehead atoms. The number of hydrogen-bond donors (Lipinski definition) is 2. The molecule has 0 fully saturated rings. The first-order chi connectivity index (χ1) is 8.52. The second-order valence-electron chi connectivity index (χ2n) is 3.62. The van der Waals surface area contributed by atoms with E-state index in [9.17, 15) is 9.59 Å². The zero-order valence-corrected chi connectivity index (χ0v) is 11.4. The van der Waals surface area contributed by atoms with Gasteiger partial charge in [-0.05, 0) is 18.6 Å². The van der Waals surface area contributed by atoms with E-state index in [0.29, 0.717) is 10.8 Å². The van der Waals surface area contributed by atoms with Crippen molar-refractivity contribution in [1.82, 2.24) is 5.32 Å². The van der Waals surface area contributed by atoms with E-state index < -0.39 is 12.0 Å². The Labute approximate surface area is 114 Å². The first-order valence-corrected chi connectivity index (χ1v) is 6.47. The number of carboxylic acids is 1. The van der Waals surface area contributed by atoms with Crippen LogP contribution in [0.15, 0.2) is 12.1 Å². The Morgan fingerprint density at radius 1 is 1.56 bits per heavy atom. The number of rotatable bonds is 7. The van der Waals surface area contributed by atoms with E-state index in [1.807, 2.05) is 6.07 Å². The van der Waals surface area contributed by atoms with E-state index in [1.165, 1.54) is 18.4 Å². The quantitative estimate of drug-likeness (QED) is 0.799. The first kappa shape index (κ1) is 14.9. The third-order valence-corrected chi connectivity index (χ3v) is 3.48. The van der Waals surface area contributed by atoms with Gasteiger partial charge in [-0.25, -0.2) is 4.79 Å². The van der Waals surface area contributed by atoms with E-state index in [-0.39, 0.29) is 18.9 Å². The lowest BCUT2D eigenvalue weighted by atomic mass is 10.2. The van der Waals surface area contributed by atoms with Crippen LogP contribution >= 0.6 is 22.9 Å². The molecule has 1 heterocycles. The number of aryl methyl sites for hydroxylation is 1. The molecule has 0 radical (unpaired) electrons. The summed E-state index contributed by atoms with van der Waals surface area (Å²) in [5.74, 6) is -1.42.